The van der Waals surface area contributed by atoms with Gasteiger partial charge in [0.25, 0.3) is 0 Å². The Balaban J connectivity index is 2.07. The molecule has 6 heteroatoms. The number of hydrogen-bond acceptors (Lipinski definition) is 4. The second kappa shape index (κ2) is 6.11. The third kappa shape index (κ3) is 3.85. The van der Waals surface area contributed by atoms with Crippen LogP contribution < -0.4 is 0 Å². The molecule has 2 rings (SSSR count). The average Bonchev–Trinajstić information content (AvgIpc) is 2.73. The number of aromatic nitrogens is 1. The fourth-order valence-electron chi connectivity index (χ4n) is 1.99. The Bertz CT molecular complexity index is 627. The molecule has 0 saturated heterocycles. The second-order valence-electron chi connectivity index (χ2n) is 4.68. The summed E-state index contributed by atoms with van der Waals surface area (Å²) in [5.74, 6) is -1.65. The van der Waals surface area contributed by atoms with Crippen molar-refractivity contribution >= 4 is 17.3 Å². The second-order valence-corrected chi connectivity index (χ2v) is 5.75. The van der Waals surface area contributed by atoms with Gasteiger partial charge in [0.05, 0.1) is 16.3 Å². The van der Waals surface area contributed by atoms with Gasteiger partial charge in [-0.05, 0) is 37.7 Å². The first-order valence-corrected chi connectivity index (χ1v) is 6.94. The average molecular weight is 294 g/mol. The maximum atomic E-state index is 13.4. The van der Waals surface area contributed by atoms with Crippen LogP contribution in [0, 0.1) is 12.7 Å². The number of aryl methyl sites for hydroxylation is 1. The summed E-state index contributed by atoms with van der Waals surface area (Å²) in [6, 6.07) is 3.87. The van der Waals surface area contributed by atoms with Crippen molar-refractivity contribution in [3.63, 3.8) is 0 Å². The van der Waals surface area contributed by atoms with Crippen LogP contribution in [-0.2, 0) is 13.1 Å². The summed E-state index contributed by atoms with van der Waals surface area (Å²) in [6.07, 6.45) is 0. The molecular weight excluding hydrogens is 279 g/mol. The molecule has 4 nitrogen and oxygen atoms in total. The fraction of sp³-hybridized carbons (Fsp3) is 0.286. The van der Waals surface area contributed by atoms with E-state index >= 15 is 0 Å². The van der Waals surface area contributed by atoms with Crippen molar-refractivity contribution in [3.8, 4) is 0 Å². The Kier molecular flexibility index (Phi) is 4.46. The predicted octanol–water partition coefficient (Wildman–Crippen LogP) is 2.92. The first kappa shape index (κ1) is 14.6. The lowest BCUT2D eigenvalue weighted by Crippen LogP contribution is -2.18. The van der Waals surface area contributed by atoms with Crippen LogP contribution in [0.1, 0.15) is 26.6 Å². The van der Waals surface area contributed by atoms with Crippen molar-refractivity contribution in [3.05, 3.63) is 51.2 Å². The van der Waals surface area contributed by atoms with E-state index in [4.69, 9.17) is 5.11 Å². The minimum absolute atomic E-state index is 0.0297. The van der Waals surface area contributed by atoms with E-state index in [9.17, 15) is 9.18 Å². The summed E-state index contributed by atoms with van der Waals surface area (Å²) in [7, 11) is 1.89. The number of thiazole rings is 1. The van der Waals surface area contributed by atoms with Crippen LogP contribution >= 0.6 is 11.3 Å². The van der Waals surface area contributed by atoms with E-state index in [0.717, 1.165) is 16.8 Å². The Morgan fingerprint density at radius 1 is 1.40 bits per heavy atom. The van der Waals surface area contributed by atoms with Gasteiger partial charge >= 0.3 is 5.97 Å². The van der Waals surface area contributed by atoms with Crippen LogP contribution in [0.4, 0.5) is 4.39 Å². The zero-order valence-electron chi connectivity index (χ0n) is 11.3. The van der Waals surface area contributed by atoms with E-state index in [0.29, 0.717) is 18.7 Å². The lowest BCUT2D eigenvalue weighted by atomic mass is 10.1. The van der Waals surface area contributed by atoms with Crippen molar-refractivity contribution < 1.29 is 14.3 Å². The molecule has 20 heavy (non-hydrogen) atoms. The van der Waals surface area contributed by atoms with E-state index in [1.807, 2.05) is 24.3 Å². The minimum atomic E-state index is -1.12. The summed E-state index contributed by atoms with van der Waals surface area (Å²) >= 11 is 1.59. The molecule has 0 radical (unpaired) electrons. The van der Waals surface area contributed by atoms with Crippen molar-refractivity contribution in [2.45, 2.75) is 20.0 Å². The molecular formula is C14H15FN2O2S. The molecule has 0 bridgehead atoms. The van der Waals surface area contributed by atoms with Crippen LogP contribution in [0.25, 0.3) is 0 Å². The number of aromatic carboxylic acids is 1. The molecule has 0 aliphatic heterocycles. The van der Waals surface area contributed by atoms with E-state index in [-0.39, 0.29) is 5.56 Å². The topological polar surface area (TPSA) is 53.4 Å². The zero-order valence-corrected chi connectivity index (χ0v) is 12.1. The van der Waals surface area contributed by atoms with Crippen molar-refractivity contribution in [1.82, 2.24) is 9.88 Å². The first-order chi connectivity index (χ1) is 9.44. The van der Waals surface area contributed by atoms with Gasteiger partial charge in [-0.15, -0.1) is 11.3 Å². The van der Waals surface area contributed by atoms with Crippen LogP contribution in [0.3, 0.4) is 0 Å². The number of hydrogen-bond donors (Lipinski definition) is 1. The van der Waals surface area contributed by atoms with E-state index in [2.05, 4.69) is 4.98 Å². The number of carboxylic acid groups (broad SMARTS) is 1. The molecule has 0 aliphatic carbocycles. The number of carboxylic acids is 1. The lowest BCUT2D eigenvalue weighted by Gasteiger charge is -2.15. The standard InChI is InChI=1S/C14H15FN2O2S/c1-9-16-13(8-20-9)7-17(2)6-10-3-11(14(18)19)5-12(15)4-10/h3-5,8H,6-7H2,1-2H3,(H,18,19). The Hall–Kier alpha value is -1.79. The van der Waals surface area contributed by atoms with Gasteiger partial charge < -0.3 is 5.11 Å². The Morgan fingerprint density at radius 3 is 2.75 bits per heavy atom. The summed E-state index contributed by atoms with van der Waals surface area (Å²) in [6.45, 7) is 3.05. The Labute approximate surface area is 120 Å². The summed E-state index contributed by atoms with van der Waals surface area (Å²) < 4.78 is 13.4. The van der Waals surface area contributed by atoms with Crippen LogP contribution in [0.2, 0.25) is 0 Å². The zero-order chi connectivity index (χ0) is 14.7. The maximum absolute atomic E-state index is 13.4. The molecule has 0 aliphatic rings. The molecule has 0 saturated carbocycles. The molecule has 106 valence electrons. The third-order valence-electron chi connectivity index (χ3n) is 2.76. The molecule has 1 N–H and O–H groups in total. The smallest absolute Gasteiger partial charge is 0.335 e. The highest BCUT2D eigenvalue weighted by atomic mass is 32.1. The number of rotatable bonds is 5. The highest BCUT2D eigenvalue weighted by Gasteiger charge is 2.10. The molecule has 0 spiro atoms. The maximum Gasteiger partial charge on any atom is 0.335 e. The van der Waals surface area contributed by atoms with Gasteiger partial charge in [0.2, 0.25) is 0 Å². The van der Waals surface area contributed by atoms with Gasteiger partial charge in [-0.2, -0.15) is 0 Å². The molecule has 1 heterocycles. The fourth-order valence-corrected chi connectivity index (χ4v) is 2.59. The largest absolute Gasteiger partial charge is 0.478 e. The van der Waals surface area contributed by atoms with Crippen molar-refractivity contribution in [1.29, 1.82) is 0 Å². The molecule has 2 aromatic rings. The van der Waals surface area contributed by atoms with Gasteiger partial charge in [-0.1, -0.05) is 0 Å². The SMILES string of the molecule is Cc1nc(CN(C)Cc2cc(F)cc(C(=O)O)c2)cs1. The molecule has 0 amide bonds. The van der Waals surface area contributed by atoms with Gasteiger partial charge in [-0.25, -0.2) is 14.2 Å². The third-order valence-corrected chi connectivity index (χ3v) is 3.58. The number of halogens is 1. The van der Waals surface area contributed by atoms with Crippen molar-refractivity contribution in [2.75, 3.05) is 7.05 Å². The summed E-state index contributed by atoms with van der Waals surface area (Å²) in [4.78, 5) is 17.2. The summed E-state index contributed by atoms with van der Waals surface area (Å²) in [5.41, 5.74) is 1.57. The van der Waals surface area contributed by atoms with Gasteiger partial charge in [0.1, 0.15) is 5.82 Å². The lowest BCUT2D eigenvalue weighted by molar-refractivity contribution is 0.0696. The molecule has 1 aromatic heterocycles. The highest BCUT2D eigenvalue weighted by molar-refractivity contribution is 7.09. The van der Waals surface area contributed by atoms with Gasteiger partial charge in [-0.3, -0.25) is 4.90 Å². The highest BCUT2D eigenvalue weighted by Crippen LogP contribution is 2.14. The number of benzene rings is 1. The van der Waals surface area contributed by atoms with Gasteiger partial charge in [0, 0.05) is 18.5 Å². The minimum Gasteiger partial charge on any atom is -0.478 e. The van der Waals surface area contributed by atoms with E-state index in [1.54, 1.807) is 11.3 Å². The van der Waals surface area contributed by atoms with Crippen LogP contribution in [0.15, 0.2) is 23.6 Å². The molecule has 0 unspecified atom stereocenters. The molecule has 0 fully saturated rings. The molecule has 1 aromatic carbocycles. The monoisotopic (exact) mass is 294 g/mol. The first-order valence-electron chi connectivity index (χ1n) is 6.06. The normalized spacial score (nSPS) is 11.0. The Morgan fingerprint density at radius 2 is 2.15 bits per heavy atom. The molecule has 0 atom stereocenters. The van der Waals surface area contributed by atoms with Crippen LogP contribution in [-0.4, -0.2) is 28.0 Å². The number of carbonyl (C=O) groups is 1. The summed E-state index contributed by atoms with van der Waals surface area (Å²) in [5, 5.41) is 11.9. The van der Waals surface area contributed by atoms with Crippen molar-refractivity contribution in [2.24, 2.45) is 0 Å². The quantitative estimate of drug-likeness (QED) is 0.921. The van der Waals surface area contributed by atoms with E-state index in [1.165, 1.54) is 12.1 Å². The van der Waals surface area contributed by atoms with Crippen LogP contribution in [0.5, 0.6) is 0 Å². The van der Waals surface area contributed by atoms with E-state index < -0.39 is 11.8 Å². The van der Waals surface area contributed by atoms with Gasteiger partial charge in [0.15, 0.2) is 0 Å². The predicted molar refractivity (Wildman–Crippen MR) is 75.4 cm³/mol. The number of nitrogens with zero attached hydrogens (tertiary/aromatic N) is 2.